The second-order valence-corrected chi connectivity index (χ2v) is 13.7. The average molecular weight is 923 g/mol. The Labute approximate surface area is 363 Å². The van der Waals surface area contributed by atoms with Gasteiger partial charge in [-0.1, -0.05) is 15.9 Å². The van der Waals surface area contributed by atoms with Crippen LogP contribution in [0.25, 0.3) is 0 Å². The van der Waals surface area contributed by atoms with Gasteiger partial charge in [0, 0.05) is 53.6 Å². The van der Waals surface area contributed by atoms with Crippen molar-refractivity contribution in [2.24, 2.45) is 0 Å². The summed E-state index contributed by atoms with van der Waals surface area (Å²) in [7, 11) is 2.14. The molecule has 3 aromatic rings. The molecule has 330 valence electrons. The van der Waals surface area contributed by atoms with Crippen molar-refractivity contribution in [1.29, 1.82) is 0 Å². The van der Waals surface area contributed by atoms with Gasteiger partial charge in [-0.25, -0.2) is 40.7 Å². The maximum atomic E-state index is 13.8. The molecule has 22 heteroatoms. The topological polar surface area (TPSA) is 198 Å². The molecule has 0 amide bonds. The molecule has 14 nitrogen and oxygen atoms in total. The minimum atomic E-state index is -1.61. The molecule has 0 spiro atoms. The Balaban J connectivity index is 0.000000796. The summed E-state index contributed by atoms with van der Waals surface area (Å²) in [6.07, 6.45) is 0. The van der Waals surface area contributed by atoms with Crippen molar-refractivity contribution >= 4 is 45.2 Å². The summed E-state index contributed by atoms with van der Waals surface area (Å²) < 4.78 is 105. The molecule has 3 heterocycles. The van der Waals surface area contributed by atoms with Crippen LogP contribution in [0.5, 0.6) is 0 Å². The zero-order chi connectivity index (χ0) is 42.4. The van der Waals surface area contributed by atoms with Crippen LogP contribution in [0.4, 0.5) is 37.7 Å². The van der Waals surface area contributed by atoms with Crippen LogP contribution in [0, 0.1) is 34.9 Å². The predicted molar refractivity (Wildman–Crippen MR) is 205 cm³/mol. The monoisotopic (exact) mass is 921 g/mol. The Morgan fingerprint density at radius 1 is 0.667 bits per heavy atom. The number of rotatable bonds is 5. The molecule has 6 rings (SSSR count). The molecular weight excluding hydrogens is 875 g/mol. The number of ether oxygens (including phenoxy) is 5. The van der Waals surface area contributed by atoms with Crippen molar-refractivity contribution in [2.45, 2.75) is 38.9 Å². The van der Waals surface area contributed by atoms with Crippen molar-refractivity contribution in [2.75, 3.05) is 83.3 Å². The third kappa shape index (κ3) is 15.8. The Hall–Kier alpha value is -3.91. The summed E-state index contributed by atoms with van der Waals surface area (Å²) in [4.78, 5) is 36.4. The fourth-order valence-electron chi connectivity index (χ4n) is 5.71. The third-order valence-corrected chi connectivity index (χ3v) is 9.02. The first-order valence-corrected chi connectivity index (χ1v) is 18.3. The fourth-order valence-corrected chi connectivity index (χ4v) is 6.11. The van der Waals surface area contributed by atoms with Gasteiger partial charge in [0.15, 0.2) is 0 Å². The molecule has 0 bridgehead atoms. The normalized spacial score (nSPS) is 18.1. The quantitative estimate of drug-likeness (QED) is 0.215. The molecule has 0 radical (unpaired) electrons. The number of aromatic carboxylic acids is 1. The van der Waals surface area contributed by atoms with Crippen LogP contribution in [0.2, 0.25) is 0 Å². The molecule has 60 heavy (non-hydrogen) atoms. The number of carboxylic acid groups (broad SMARTS) is 1. The van der Waals surface area contributed by atoms with Crippen LogP contribution >= 0.6 is 15.9 Å². The standard InChI is InChI=1S/C13H15F2NO3.C12H13F2NO3.C8H5BrF2O2.C5H11NO.Li.2H2O/c1-8-7-19-4-3-16(8)9-5-10(14)12(11(15)6-9)13(17)18-2;1-7-6-18-3-2-15(7)8-4-9(13)11(12(16)17)10(14)5-8;1-13-8(12)7-5(10)2-4(9)3-6(7)11;1-5-4-7-3-2-6-5;;;/h5-6,8H,3-4,7H2,1-2H3;4-5,7H,2-3,6H2,1H3,(H,16,17);2-3H,1H3;5-6H,2-4H2,1H3;;2*1H2/q;;;;+1;;/p-1/t8-;7-;;5-;;;/m00.0.../s1. The van der Waals surface area contributed by atoms with Gasteiger partial charge in [0.05, 0.1) is 53.9 Å². The number of carbonyl (C=O) groups excluding carboxylic acids is 2. The van der Waals surface area contributed by atoms with Gasteiger partial charge in [-0.3, -0.25) is 0 Å². The van der Waals surface area contributed by atoms with Crippen LogP contribution in [0.3, 0.4) is 0 Å². The van der Waals surface area contributed by atoms with E-state index in [9.17, 15) is 40.7 Å². The number of morpholine rings is 3. The molecule has 5 N–H and O–H groups in total. The summed E-state index contributed by atoms with van der Waals surface area (Å²) >= 11 is 2.89. The van der Waals surface area contributed by atoms with Gasteiger partial charge in [-0.15, -0.1) is 0 Å². The first kappa shape index (κ1) is 56.1. The first-order valence-electron chi connectivity index (χ1n) is 17.5. The molecule has 3 aromatic carbocycles. The number of carboxylic acids is 1. The number of halogens is 7. The Morgan fingerprint density at radius 3 is 1.30 bits per heavy atom. The summed E-state index contributed by atoms with van der Waals surface area (Å²) in [6.45, 7) is 11.7. The number of esters is 2. The molecular formula is C38H47BrF6LiN3O11. The molecule has 0 saturated carbocycles. The zero-order valence-corrected chi connectivity index (χ0v) is 35.3. The van der Waals surface area contributed by atoms with Gasteiger partial charge in [0.1, 0.15) is 51.6 Å². The second-order valence-electron chi connectivity index (χ2n) is 12.8. The maximum Gasteiger partial charge on any atom is 1.00 e. The second kappa shape index (κ2) is 27.1. The smallest absolute Gasteiger partial charge is 0.870 e. The minimum absolute atomic E-state index is 0. The summed E-state index contributed by atoms with van der Waals surface area (Å²) in [5.74, 6) is -9.49. The molecule has 3 saturated heterocycles. The Bertz CT molecular complexity index is 1800. The first-order chi connectivity index (χ1) is 27.0. The molecule has 3 aliphatic rings. The van der Waals surface area contributed by atoms with Crippen LogP contribution in [0.15, 0.2) is 40.9 Å². The number of nitrogens with zero attached hydrogens (tertiary/aromatic N) is 2. The van der Waals surface area contributed by atoms with E-state index in [0.29, 0.717) is 56.9 Å². The van der Waals surface area contributed by atoms with Crippen molar-refractivity contribution in [1.82, 2.24) is 5.32 Å². The number of methoxy groups -OCH3 is 2. The predicted octanol–water partition coefficient (Wildman–Crippen LogP) is 2.38. The molecule has 0 aliphatic carbocycles. The number of carbonyl (C=O) groups is 3. The van der Waals surface area contributed by atoms with E-state index >= 15 is 0 Å². The SMILES string of the molecule is COC(=O)c1c(F)cc(Br)cc1F.COC(=O)c1c(F)cc(N2CCOC[C@@H]2C)cc1F.C[C@H]1COCCN1.C[C@H]1COCCN1c1cc(F)c(C(=O)O)c(F)c1.O.[Li+].[OH-]. The van der Waals surface area contributed by atoms with Crippen molar-refractivity contribution in [3.8, 4) is 0 Å². The minimum Gasteiger partial charge on any atom is -0.870 e. The van der Waals surface area contributed by atoms with Gasteiger partial charge >= 0.3 is 36.8 Å². The number of hydrogen-bond donors (Lipinski definition) is 2. The van der Waals surface area contributed by atoms with Crippen molar-refractivity contribution in [3.63, 3.8) is 0 Å². The third-order valence-electron chi connectivity index (χ3n) is 8.56. The van der Waals surface area contributed by atoms with E-state index in [-0.39, 0.29) is 46.4 Å². The van der Waals surface area contributed by atoms with Crippen LogP contribution in [0.1, 0.15) is 51.8 Å². The van der Waals surface area contributed by atoms with Gasteiger partial charge in [0.2, 0.25) is 0 Å². The van der Waals surface area contributed by atoms with E-state index < -0.39 is 69.5 Å². The van der Waals surface area contributed by atoms with E-state index in [4.69, 9.17) is 19.3 Å². The van der Waals surface area contributed by atoms with E-state index in [1.165, 1.54) is 0 Å². The summed E-state index contributed by atoms with van der Waals surface area (Å²) in [5, 5.41) is 11.9. The fraction of sp³-hybridized carbons (Fsp3) is 0.447. The molecule has 3 aliphatic heterocycles. The number of hydrogen-bond acceptors (Lipinski definition) is 12. The largest absolute Gasteiger partial charge is 1.00 e. The van der Waals surface area contributed by atoms with E-state index in [2.05, 4.69) is 37.6 Å². The summed E-state index contributed by atoms with van der Waals surface area (Å²) in [5.41, 5.74) is -1.51. The average Bonchev–Trinajstić information content (AvgIpc) is 3.15. The van der Waals surface area contributed by atoms with Gasteiger partial charge < -0.3 is 54.9 Å². The number of nitrogens with one attached hydrogen (secondary N) is 1. The zero-order valence-electron chi connectivity index (χ0n) is 33.8. The Morgan fingerprint density at radius 2 is 1.02 bits per heavy atom. The molecule has 0 unspecified atom stereocenters. The number of anilines is 2. The molecule has 3 fully saturated rings. The van der Waals surface area contributed by atoms with Gasteiger partial charge in [0.25, 0.3) is 0 Å². The van der Waals surface area contributed by atoms with Crippen molar-refractivity contribution in [3.05, 3.63) is 92.5 Å². The van der Waals surface area contributed by atoms with Gasteiger partial charge in [-0.2, -0.15) is 0 Å². The Kier molecular flexibility index (Phi) is 25.4. The molecule has 3 atom stereocenters. The van der Waals surface area contributed by atoms with E-state index in [1.54, 1.807) is 4.90 Å². The van der Waals surface area contributed by atoms with Crippen LogP contribution in [-0.4, -0.2) is 126 Å². The van der Waals surface area contributed by atoms with Crippen LogP contribution in [-0.2, 0) is 23.7 Å². The van der Waals surface area contributed by atoms with Crippen molar-refractivity contribution < 1.29 is 99.3 Å². The van der Waals surface area contributed by atoms with Crippen LogP contribution < -0.4 is 34.0 Å². The maximum absolute atomic E-state index is 13.8. The van der Waals surface area contributed by atoms with Gasteiger partial charge in [-0.05, 0) is 57.2 Å². The van der Waals surface area contributed by atoms with E-state index in [1.807, 2.05) is 18.7 Å². The molecule has 0 aromatic heterocycles. The number of benzene rings is 3. The summed E-state index contributed by atoms with van der Waals surface area (Å²) in [6, 6.07) is 6.97. The van der Waals surface area contributed by atoms with E-state index in [0.717, 1.165) is 70.4 Å².